The number of likely N-dealkylation sites (N-methyl/N-ethyl adjacent to an activating group) is 1. The summed E-state index contributed by atoms with van der Waals surface area (Å²) in [6, 6.07) is 0.250. The maximum Gasteiger partial charge on any atom is 0.322 e. The molecule has 0 spiro atoms. The predicted molar refractivity (Wildman–Crippen MR) is 77.3 cm³/mol. The Labute approximate surface area is 124 Å². The van der Waals surface area contributed by atoms with E-state index in [0.717, 1.165) is 32.1 Å². The number of aromatic nitrogens is 3. The van der Waals surface area contributed by atoms with Crippen molar-refractivity contribution in [3.63, 3.8) is 0 Å². The molecule has 6 nitrogen and oxygen atoms in total. The van der Waals surface area contributed by atoms with Crippen molar-refractivity contribution in [1.29, 1.82) is 0 Å². The molecular weight excluding hydrogens is 280 g/mol. The van der Waals surface area contributed by atoms with Gasteiger partial charge in [0.15, 0.2) is 0 Å². The highest BCUT2D eigenvalue weighted by atomic mass is 35.5. The van der Waals surface area contributed by atoms with Crippen molar-refractivity contribution in [3.8, 4) is 6.01 Å². The standard InChI is InChI=1S/C13H21ClN4O2/c1-3-8-20-13-16-11(14)15-12(17-13)18(2)9-6-4-5-7-10(9)19/h9-10,19H,3-8H2,1-2H3. The van der Waals surface area contributed by atoms with E-state index < -0.39 is 0 Å². The molecule has 20 heavy (non-hydrogen) atoms. The molecule has 1 aromatic rings. The molecule has 1 aromatic heterocycles. The van der Waals surface area contributed by atoms with Crippen molar-refractivity contribution in [1.82, 2.24) is 15.0 Å². The summed E-state index contributed by atoms with van der Waals surface area (Å²) in [5.74, 6) is 0.446. The summed E-state index contributed by atoms with van der Waals surface area (Å²) >= 11 is 5.92. The van der Waals surface area contributed by atoms with Crippen molar-refractivity contribution in [2.45, 2.75) is 51.2 Å². The highest BCUT2D eigenvalue weighted by Crippen LogP contribution is 2.25. The quantitative estimate of drug-likeness (QED) is 0.897. The Kier molecular flexibility index (Phi) is 5.37. The van der Waals surface area contributed by atoms with Crippen LogP contribution in [0.1, 0.15) is 39.0 Å². The van der Waals surface area contributed by atoms with Gasteiger partial charge in [0.25, 0.3) is 0 Å². The molecular formula is C13H21ClN4O2. The van der Waals surface area contributed by atoms with Gasteiger partial charge in [-0.1, -0.05) is 19.8 Å². The van der Waals surface area contributed by atoms with Gasteiger partial charge in [0.05, 0.1) is 18.8 Å². The average Bonchev–Trinajstić information content (AvgIpc) is 2.44. The second-order valence-corrected chi connectivity index (χ2v) is 5.40. The number of hydrogen-bond acceptors (Lipinski definition) is 6. The van der Waals surface area contributed by atoms with Crippen LogP contribution in [0.25, 0.3) is 0 Å². The summed E-state index contributed by atoms with van der Waals surface area (Å²) in [4.78, 5) is 14.2. The van der Waals surface area contributed by atoms with Gasteiger partial charge >= 0.3 is 6.01 Å². The smallest absolute Gasteiger partial charge is 0.322 e. The molecule has 0 aromatic carbocycles. The number of ether oxygens (including phenoxy) is 1. The highest BCUT2D eigenvalue weighted by Gasteiger charge is 2.28. The fourth-order valence-electron chi connectivity index (χ4n) is 2.43. The minimum atomic E-state index is -0.357. The number of anilines is 1. The van der Waals surface area contributed by atoms with Crippen LogP contribution >= 0.6 is 11.6 Å². The third kappa shape index (κ3) is 3.70. The third-order valence-electron chi connectivity index (χ3n) is 3.52. The first-order valence-corrected chi connectivity index (χ1v) is 7.45. The summed E-state index contributed by atoms with van der Waals surface area (Å²) in [7, 11) is 1.87. The molecule has 0 saturated heterocycles. The Morgan fingerprint density at radius 1 is 1.30 bits per heavy atom. The number of aliphatic hydroxyl groups excluding tert-OH is 1. The van der Waals surface area contributed by atoms with E-state index in [1.54, 1.807) is 0 Å². The summed E-state index contributed by atoms with van der Waals surface area (Å²) in [5, 5.41) is 10.2. The van der Waals surface area contributed by atoms with Crippen LogP contribution in [0.5, 0.6) is 6.01 Å². The van der Waals surface area contributed by atoms with E-state index in [0.29, 0.717) is 12.6 Å². The molecule has 0 radical (unpaired) electrons. The monoisotopic (exact) mass is 300 g/mol. The van der Waals surface area contributed by atoms with E-state index in [-0.39, 0.29) is 23.4 Å². The van der Waals surface area contributed by atoms with Gasteiger partial charge in [-0.25, -0.2) is 0 Å². The van der Waals surface area contributed by atoms with Crippen molar-refractivity contribution in [3.05, 3.63) is 5.28 Å². The number of aliphatic hydroxyl groups is 1. The normalized spacial score (nSPS) is 22.6. The first-order chi connectivity index (χ1) is 9.61. The van der Waals surface area contributed by atoms with Crippen LogP contribution < -0.4 is 9.64 Å². The second-order valence-electron chi connectivity index (χ2n) is 5.07. The van der Waals surface area contributed by atoms with E-state index in [4.69, 9.17) is 16.3 Å². The Hall–Kier alpha value is -1.14. The van der Waals surface area contributed by atoms with Crippen LogP contribution in [0.2, 0.25) is 5.28 Å². The molecule has 112 valence electrons. The van der Waals surface area contributed by atoms with Gasteiger partial charge in [-0.05, 0) is 30.9 Å². The minimum absolute atomic E-state index is 0.0150. The Morgan fingerprint density at radius 3 is 2.75 bits per heavy atom. The molecule has 1 heterocycles. The number of nitrogens with zero attached hydrogens (tertiary/aromatic N) is 4. The second kappa shape index (κ2) is 7.04. The molecule has 0 bridgehead atoms. The molecule has 1 saturated carbocycles. The van der Waals surface area contributed by atoms with Gasteiger partial charge in [0.2, 0.25) is 11.2 Å². The number of halogens is 1. The lowest BCUT2D eigenvalue weighted by atomic mass is 9.92. The molecule has 1 aliphatic rings. The first-order valence-electron chi connectivity index (χ1n) is 7.07. The van der Waals surface area contributed by atoms with E-state index in [2.05, 4.69) is 15.0 Å². The Morgan fingerprint density at radius 2 is 2.05 bits per heavy atom. The molecule has 2 atom stereocenters. The van der Waals surface area contributed by atoms with Gasteiger partial charge in [-0.3, -0.25) is 0 Å². The zero-order valence-corrected chi connectivity index (χ0v) is 12.7. The highest BCUT2D eigenvalue weighted by molar-refractivity contribution is 6.28. The summed E-state index contributed by atoms with van der Waals surface area (Å²) in [6.45, 7) is 2.55. The third-order valence-corrected chi connectivity index (χ3v) is 3.69. The van der Waals surface area contributed by atoms with Gasteiger partial charge in [-0.2, -0.15) is 15.0 Å². The fraction of sp³-hybridized carbons (Fsp3) is 0.769. The molecule has 1 N–H and O–H groups in total. The minimum Gasteiger partial charge on any atom is -0.463 e. The van der Waals surface area contributed by atoms with Crippen LogP contribution in [-0.2, 0) is 0 Å². The first kappa shape index (κ1) is 15.3. The SMILES string of the molecule is CCCOc1nc(Cl)nc(N(C)C2CCCCC2O)n1. The molecule has 1 aliphatic carbocycles. The van der Waals surface area contributed by atoms with Crippen LogP contribution in [0.15, 0.2) is 0 Å². The molecule has 0 aliphatic heterocycles. The molecule has 2 unspecified atom stereocenters. The molecule has 1 fully saturated rings. The zero-order chi connectivity index (χ0) is 14.5. The summed E-state index contributed by atoms with van der Waals surface area (Å²) < 4.78 is 5.41. The van der Waals surface area contributed by atoms with Crippen LogP contribution in [0.4, 0.5) is 5.95 Å². The lowest BCUT2D eigenvalue weighted by Crippen LogP contribution is -2.44. The van der Waals surface area contributed by atoms with Crippen molar-refractivity contribution < 1.29 is 9.84 Å². The topological polar surface area (TPSA) is 71.4 Å². The summed E-state index contributed by atoms with van der Waals surface area (Å²) in [5.41, 5.74) is 0. The number of rotatable bonds is 5. The lowest BCUT2D eigenvalue weighted by Gasteiger charge is -2.35. The Balaban J connectivity index is 2.15. The van der Waals surface area contributed by atoms with Crippen LogP contribution in [-0.4, -0.2) is 45.9 Å². The van der Waals surface area contributed by atoms with Gasteiger partial charge < -0.3 is 14.7 Å². The van der Waals surface area contributed by atoms with E-state index in [1.165, 1.54) is 0 Å². The van der Waals surface area contributed by atoms with Gasteiger partial charge in [0, 0.05) is 7.05 Å². The zero-order valence-electron chi connectivity index (χ0n) is 11.9. The van der Waals surface area contributed by atoms with Crippen molar-refractivity contribution >= 4 is 17.5 Å². The molecule has 7 heteroatoms. The van der Waals surface area contributed by atoms with Gasteiger partial charge in [0.1, 0.15) is 0 Å². The average molecular weight is 301 g/mol. The fourth-order valence-corrected chi connectivity index (χ4v) is 2.58. The van der Waals surface area contributed by atoms with E-state index in [9.17, 15) is 5.11 Å². The van der Waals surface area contributed by atoms with Gasteiger partial charge in [-0.15, -0.1) is 0 Å². The summed E-state index contributed by atoms with van der Waals surface area (Å²) in [6.07, 6.45) is 4.41. The molecule has 0 amide bonds. The predicted octanol–water partition coefficient (Wildman–Crippen LogP) is 2.05. The van der Waals surface area contributed by atoms with Crippen LogP contribution in [0, 0.1) is 0 Å². The molecule has 2 rings (SSSR count). The Bertz CT molecular complexity index is 446. The number of hydrogen-bond donors (Lipinski definition) is 1. The lowest BCUT2D eigenvalue weighted by molar-refractivity contribution is 0.105. The van der Waals surface area contributed by atoms with E-state index >= 15 is 0 Å². The largest absolute Gasteiger partial charge is 0.463 e. The maximum absolute atomic E-state index is 10.1. The van der Waals surface area contributed by atoms with Crippen LogP contribution in [0.3, 0.4) is 0 Å². The van der Waals surface area contributed by atoms with E-state index in [1.807, 2.05) is 18.9 Å². The van der Waals surface area contributed by atoms with Crippen molar-refractivity contribution in [2.75, 3.05) is 18.6 Å². The maximum atomic E-state index is 10.1. The van der Waals surface area contributed by atoms with Crippen molar-refractivity contribution in [2.24, 2.45) is 0 Å².